The monoisotopic (exact) mass is 504 g/mol. The van der Waals surface area contributed by atoms with E-state index in [9.17, 15) is 14.7 Å². The molecule has 2 aromatic heterocycles. The van der Waals surface area contributed by atoms with Gasteiger partial charge in [0.2, 0.25) is 0 Å². The van der Waals surface area contributed by atoms with Crippen molar-refractivity contribution in [2.45, 2.75) is 26.3 Å². The summed E-state index contributed by atoms with van der Waals surface area (Å²) in [5.41, 5.74) is 2.46. The molecule has 0 saturated carbocycles. The van der Waals surface area contributed by atoms with Crippen LogP contribution in [0.2, 0.25) is 0 Å². The molecule has 9 heteroatoms. The molecular weight excluding hydrogens is 472 g/mol. The zero-order chi connectivity index (χ0) is 25.9. The molecule has 0 spiro atoms. The molecule has 1 unspecified atom stereocenters. The van der Waals surface area contributed by atoms with E-state index in [1.165, 1.54) is 0 Å². The Labute approximate surface area is 215 Å². The van der Waals surface area contributed by atoms with Gasteiger partial charge in [-0.2, -0.15) is 0 Å². The second kappa shape index (κ2) is 10.7. The number of pyridine rings is 1. The lowest BCUT2D eigenvalue weighted by Crippen LogP contribution is -2.38. The number of fused-ring (bicyclic) bond motifs is 1. The van der Waals surface area contributed by atoms with E-state index in [0.29, 0.717) is 55.6 Å². The first-order valence-corrected chi connectivity index (χ1v) is 12.7. The first-order valence-electron chi connectivity index (χ1n) is 12.7. The number of Topliss-reactive ketones (excluding diaryl/α,β-unsaturated/α-hetero) is 1. The number of aliphatic hydroxyl groups excluding tert-OH is 1. The van der Waals surface area contributed by atoms with Crippen LogP contribution in [0.1, 0.15) is 36.3 Å². The molecule has 2 fully saturated rings. The van der Waals surface area contributed by atoms with Gasteiger partial charge in [-0.1, -0.05) is 18.2 Å². The van der Waals surface area contributed by atoms with Gasteiger partial charge in [0.25, 0.3) is 11.7 Å². The number of aliphatic hydroxyl groups is 1. The van der Waals surface area contributed by atoms with Crippen LogP contribution in [-0.4, -0.2) is 82.0 Å². The van der Waals surface area contributed by atoms with Crippen LogP contribution in [0, 0.1) is 6.92 Å². The van der Waals surface area contributed by atoms with Crippen LogP contribution < -0.4 is 4.74 Å². The highest BCUT2D eigenvalue weighted by Gasteiger charge is 2.46. The number of aryl methyl sites for hydroxylation is 1. The van der Waals surface area contributed by atoms with E-state index >= 15 is 0 Å². The van der Waals surface area contributed by atoms with Gasteiger partial charge in [0.1, 0.15) is 17.1 Å². The Morgan fingerprint density at radius 1 is 1.11 bits per heavy atom. The number of likely N-dealkylation sites (tertiary alicyclic amines) is 1. The van der Waals surface area contributed by atoms with E-state index in [1.807, 2.05) is 49.4 Å². The standard InChI is InChI=1S/C28H32N4O5/c1-3-37-21-10-8-20(9-11-21)25-23(26(33)24-19(2)29-22-7-4-5-13-31(22)24)27(34)28(35)32(25)14-6-12-30-15-17-36-18-16-30/h4-5,7-11,13,25,33H,3,6,12,14-18H2,1-2H3/b26-23+. The molecule has 3 aromatic rings. The maximum Gasteiger partial charge on any atom is 0.295 e. The van der Waals surface area contributed by atoms with Crippen molar-refractivity contribution in [3.8, 4) is 5.75 Å². The van der Waals surface area contributed by atoms with Crippen molar-refractivity contribution in [3.05, 3.63) is 71.2 Å². The van der Waals surface area contributed by atoms with E-state index < -0.39 is 17.7 Å². The quantitative estimate of drug-likeness (QED) is 0.286. The Morgan fingerprint density at radius 3 is 2.59 bits per heavy atom. The zero-order valence-corrected chi connectivity index (χ0v) is 21.2. The average molecular weight is 505 g/mol. The maximum absolute atomic E-state index is 13.4. The maximum atomic E-state index is 13.4. The lowest BCUT2D eigenvalue weighted by molar-refractivity contribution is -0.140. The SMILES string of the molecule is CCOc1ccc(C2/C(=C(\O)c3c(C)nc4ccccn34)C(=O)C(=O)N2CCCN2CCOCC2)cc1. The fraction of sp³-hybridized carbons (Fsp3) is 0.393. The molecule has 9 nitrogen and oxygen atoms in total. The van der Waals surface area contributed by atoms with Crippen molar-refractivity contribution in [2.75, 3.05) is 46.0 Å². The summed E-state index contributed by atoms with van der Waals surface area (Å²) >= 11 is 0. The minimum atomic E-state index is -0.714. The van der Waals surface area contributed by atoms with Gasteiger partial charge >= 0.3 is 0 Å². The lowest BCUT2D eigenvalue weighted by Gasteiger charge is -2.29. The first kappa shape index (κ1) is 25.0. The van der Waals surface area contributed by atoms with Crippen LogP contribution >= 0.6 is 0 Å². The van der Waals surface area contributed by atoms with E-state index in [-0.39, 0.29) is 11.3 Å². The number of ketones is 1. The Balaban J connectivity index is 1.54. The van der Waals surface area contributed by atoms with E-state index in [1.54, 1.807) is 22.4 Å². The van der Waals surface area contributed by atoms with Gasteiger partial charge in [0.15, 0.2) is 5.76 Å². The van der Waals surface area contributed by atoms with Gasteiger partial charge in [-0.3, -0.25) is 18.9 Å². The average Bonchev–Trinajstić information content (AvgIpc) is 3.38. The molecule has 1 atom stereocenters. The number of morpholine rings is 1. The Kier molecular flexibility index (Phi) is 7.25. The summed E-state index contributed by atoms with van der Waals surface area (Å²) in [6.45, 7) is 8.54. The minimum absolute atomic E-state index is 0.0780. The Hall–Kier alpha value is -3.69. The molecule has 2 aliphatic rings. The Bertz CT molecular complexity index is 1320. The van der Waals surface area contributed by atoms with Crippen molar-refractivity contribution in [1.29, 1.82) is 0 Å². The second-order valence-electron chi connectivity index (χ2n) is 9.28. The number of hydrogen-bond donors (Lipinski definition) is 1. The summed E-state index contributed by atoms with van der Waals surface area (Å²) in [6.07, 6.45) is 2.49. The number of rotatable bonds is 8. The zero-order valence-electron chi connectivity index (χ0n) is 21.2. The molecule has 5 rings (SSSR count). The number of ether oxygens (including phenoxy) is 2. The van der Waals surface area contributed by atoms with Crippen molar-refractivity contribution >= 4 is 23.1 Å². The highest BCUT2D eigenvalue weighted by molar-refractivity contribution is 6.46. The van der Waals surface area contributed by atoms with Crippen LogP contribution in [0.3, 0.4) is 0 Å². The lowest BCUT2D eigenvalue weighted by atomic mass is 9.96. The number of carbonyl (C=O) groups is 2. The van der Waals surface area contributed by atoms with Crippen LogP contribution in [-0.2, 0) is 14.3 Å². The number of imidazole rings is 1. The number of aromatic nitrogens is 2. The number of hydrogen-bond acceptors (Lipinski definition) is 7. The van der Waals surface area contributed by atoms with Crippen LogP contribution in [0.4, 0.5) is 0 Å². The van der Waals surface area contributed by atoms with Gasteiger partial charge in [0, 0.05) is 32.4 Å². The smallest absolute Gasteiger partial charge is 0.295 e. The van der Waals surface area contributed by atoms with Gasteiger partial charge in [-0.15, -0.1) is 0 Å². The number of amides is 1. The van der Waals surface area contributed by atoms with Crippen molar-refractivity contribution in [3.63, 3.8) is 0 Å². The summed E-state index contributed by atoms with van der Waals surface area (Å²) in [6, 6.07) is 12.2. The van der Waals surface area contributed by atoms with Gasteiger partial charge in [0.05, 0.1) is 37.1 Å². The summed E-state index contributed by atoms with van der Waals surface area (Å²) in [5.74, 6) is -0.806. The molecule has 1 amide bonds. The van der Waals surface area contributed by atoms with Gasteiger partial charge in [-0.25, -0.2) is 4.98 Å². The molecule has 37 heavy (non-hydrogen) atoms. The summed E-state index contributed by atoms with van der Waals surface area (Å²) in [7, 11) is 0. The molecule has 0 aliphatic carbocycles. The molecule has 1 aromatic carbocycles. The normalized spacial score (nSPS) is 20.2. The van der Waals surface area contributed by atoms with Crippen molar-refractivity contribution < 1.29 is 24.2 Å². The first-order chi connectivity index (χ1) is 18.0. The summed E-state index contributed by atoms with van der Waals surface area (Å²) in [5, 5.41) is 11.6. The third-order valence-corrected chi connectivity index (χ3v) is 6.95. The van der Waals surface area contributed by atoms with E-state index in [0.717, 1.165) is 25.2 Å². The van der Waals surface area contributed by atoms with Crippen molar-refractivity contribution in [2.24, 2.45) is 0 Å². The van der Waals surface area contributed by atoms with Crippen LogP contribution in [0.15, 0.2) is 54.2 Å². The summed E-state index contributed by atoms with van der Waals surface area (Å²) in [4.78, 5) is 35.2. The summed E-state index contributed by atoms with van der Waals surface area (Å²) < 4.78 is 12.8. The predicted molar refractivity (Wildman–Crippen MR) is 138 cm³/mol. The van der Waals surface area contributed by atoms with E-state index in [4.69, 9.17) is 9.47 Å². The van der Waals surface area contributed by atoms with Gasteiger partial charge in [-0.05, 0) is 50.1 Å². The van der Waals surface area contributed by atoms with Crippen LogP contribution in [0.5, 0.6) is 5.75 Å². The number of benzene rings is 1. The fourth-order valence-corrected chi connectivity index (χ4v) is 5.19. The molecule has 2 saturated heterocycles. The fourth-order valence-electron chi connectivity index (χ4n) is 5.19. The predicted octanol–water partition coefficient (Wildman–Crippen LogP) is 3.19. The highest BCUT2D eigenvalue weighted by atomic mass is 16.5. The van der Waals surface area contributed by atoms with E-state index in [2.05, 4.69) is 9.88 Å². The molecule has 2 aliphatic heterocycles. The largest absolute Gasteiger partial charge is 0.505 e. The molecule has 0 radical (unpaired) electrons. The molecule has 194 valence electrons. The van der Waals surface area contributed by atoms with Crippen molar-refractivity contribution in [1.82, 2.24) is 19.2 Å². The topological polar surface area (TPSA) is 96.6 Å². The molecule has 4 heterocycles. The third kappa shape index (κ3) is 4.84. The minimum Gasteiger partial charge on any atom is -0.505 e. The molecule has 1 N–H and O–H groups in total. The van der Waals surface area contributed by atoms with Gasteiger partial charge < -0.3 is 19.5 Å². The van der Waals surface area contributed by atoms with Crippen LogP contribution in [0.25, 0.3) is 11.4 Å². The molecule has 0 bridgehead atoms. The molecular formula is C28H32N4O5. The second-order valence-corrected chi connectivity index (χ2v) is 9.28. The number of nitrogens with zero attached hydrogens (tertiary/aromatic N) is 4. The number of carbonyl (C=O) groups excluding carboxylic acids is 2. The third-order valence-electron chi connectivity index (χ3n) is 6.95. The Morgan fingerprint density at radius 2 is 1.86 bits per heavy atom. The highest BCUT2D eigenvalue weighted by Crippen LogP contribution is 2.40.